The second-order valence-electron chi connectivity index (χ2n) is 4.96. The number of nitrogens with one attached hydrogen (secondary N) is 1. The van der Waals surface area contributed by atoms with Crippen LogP contribution in [0.4, 0.5) is 11.4 Å². The molecular formula is C13H17N3O4. The standard InChI is InChI=1S/C13H17N3O4/c14-10-6-5-8(16(19)20)7-9(10)13(18)15-11-3-1-2-4-12(11)17/h5-7,11-12,17H,1-4,14H2,(H,15,18). The van der Waals surface area contributed by atoms with Crippen LogP contribution in [0.25, 0.3) is 0 Å². The number of amides is 1. The van der Waals surface area contributed by atoms with Crippen LogP contribution in [0.1, 0.15) is 36.0 Å². The van der Waals surface area contributed by atoms with Gasteiger partial charge in [0.05, 0.1) is 22.6 Å². The third-order valence-corrected chi connectivity index (χ3v) is 3.54. The highest BCUT2D eigenvalue weighted by Crippen LogP contribution is 2.22. The van der Waals surface area contributed by atoms with E-state index in [0.717, 1.165) is 18.9 Å². The number of nitrogens with two attached hydrogens (primary N) is 1. The Bertz CT molecular complexity index is 532. The molecule has 1 aromatic rings. The van der Waals surface area contributed by atoms with Gasteiger partial charge in [0.15, 0.2) is 0 Å². The van der Waals surface area contributed by atoms with Crippen LogP contribution in [-0.2, 0) is 0 Å². The van der Waals surface area contributed by atoms with Crippen molar-refractivity contribution in [3.8, 4) is 0 Å². The Kier molecular flexibility index (Phi) is 4.19. The number of carbonyl (C=O) groups excluding carboxylic acids is 1. The number of rotatable bonds is 3. The molecule has 1 aliphatic rings. The van der Waals surface area contributed by atoms with Crippen LogP contribution < -0.4 is 11.1 Å². The molecule has 0 aliphatic heterocycles. The molecule has 0 bridgehead atoms. The number of aliphatic hydroxyl groups is 1. The number of non-ortho nitro benzene ring substituents is 1. The molecule has 0 aromatic heterocycles. The molecule has 2 unspecified atom stereocenters. The van der Waals surface area contributed by atoms with Crippen molar-refractivity contribution in [1.82, 2.24) is 5.32 Å². The summed E-state index contributed by atoms with van der Waals surface area (Å²) in [6, 6.07) is 3.42. The number of anilines is 1. The molecular weight excluding hydrogens is 262 g/mol. The van der Waals surface area contributed by atoms with Gasteiger partial charge in [-0.05, 0) is 18.9 Å². The Labute approximate surface area is 115 Å². The summed E-state index contributed by atoms with van der Waals surface area (Å²) in [4.78, 5) is 22.3. The number of hydrogen-bond donors (Lipinski definition) is 3. The third-order valence-electron chi connectivity index (χ3n) is 3.54. The van der Waals surface area contributed by atoms with Gasteiger partial charge < -0.3 is 16.2 Å². The largest absolute Gasteiger partial charge is 0.398 e. The highest BCUT2D eigenvalue weighted by atomic mass is 16.6. The molecule has 2 rings (SSSR count). The Hall–Kier alpha value is -2.15. The maximum absolute atomic E-state index is 12.1. The molecule has 1 saturated carbocycles. The summed E-state index contributed by atoms with van der Waals surface area (Å²) in [5.41, 5.74) is 5.74. The molecule has 0 radical (unpaired) electrons. The average Bonchev–Trinajstić information content (AvgIpc) is 2.41. The van der Waals surface area contributed by atoms with E-state index in [1.54, 1.807) is 0 Å². The van der Waals surface area contributed by atoms with Crippen LogP contribution in [0, 0.1) is 10.1 Å². The lowest BCUT2D eigenvalue weighted by Gasteiger charge is -2.28. The van der Waals surface area contributed by atoms with Gasteiger partial charge in [0.1, 0.15) is 0 Å². The number of benzene rings is 1. The molecule has 7 heteroatoms. The van der Waals surface area contributed by atoms with E-state index in [2.05, 4.69) is 5.32 Å². The number of nitrogens with zero attached hydrogens (tertiary/aromatic N) is 1. The zero-order valence-electron chi connectivity index (χ0n) is 10.9. The zero-order chi connectivity index (χ0) is 14.7. The van der Waals surface area contributed by atoms with Crippen molar-refractivity contribution in [2.45, 2.75) is 37.8 Å². The molecule has 0 heterocycles. The first-order valence-corrected chi connectivity index (χ1v) is 6.52. The molecule has 2 atom stereocenters. The molecule has 0 saturated heterocycles. The second kappa shape index (κ2) is 5.87. The average molecular weight is 279 g/mol. The van der Waals surface area contributed by atoms with E-state index >= 15 is 0 Å². The fourth-order valence-electron chi connectivity index (χ4n) is 2.38. The van der Waals surface area contributed by atoms with Crippen molar-refractivity contribution in [2.24, 2.45) is 0 Å². The molecule has 1 fully saturated rings. The Morgan fingerprint density at radius 3 is 2.75 bits per heavy atom. The first kappa shape index (κ1) is 14.3. The van der Waals surface area contributed by atoms with Crippen LogP contribution in [0.5, 0.6) is 0 Å². The summed E-state index contributed by atoms with van der Waals surface area (Å²) in [7, 11) is 0. The van der Waals surface area contributed by atoms with E-state index in [9.17, 15) is 20.0 Å². The zero-order valence-corrected chi connectivity index (χ0v) is 10.9. The van der Waals surface area contributed by atoms with E-state index in [1.807, 2.05) is 0 Å². The Balaban J connectivity index is 2.16. The summed E-state index contributed by atoms with van der Waals surface area (Å²) in [5.74, 6) is -0.489. The molecule has 7 nitrogen and oxygen atoms in total. The van der Waals surface area contributed by atoms with Crippen LogP contribution in [0.2, 0.25) is 0 Å². The van der Waals surface area contributed by atoms with Gasteiger partial charge in [-0.2, -0.15) is 0 Å². The molecule has 1 aromatic carbocycles. The molecule has 108 valence electrons. The Morgan fingerprint density at radius 2 is 2.10 bits per heavy atom. The van der Waals surface area contributed by atoms with Crippen LogP contribution >= 0.6 is 0 Å². The van der Waals surface area contributed by atoms with Gasteiger partial charge in [0, 0.05) is 17.8 Å². The maximum atomic E-state index is 12.1. The minimum atomic E-state index is -0.578. The van der Waals surface area contributed by atoms with Crippen LogP contribution in [0.15, 0.2) is 18.2 Å². The summed E-state index contributed by atoms with van der Waals surface area (Å²) in [5, 5.41) is 23.2. The van der Waals surface area contributed by atoms with Gasteiger partial charge in [-0.3, -0.25) is 14.9 Å². The van der Waals surface area contributed by atoms with Crippen molar-refractivity contribution in [3.63, 3.8) is 0 Å². The van der Waals surface area contributed by atoms with Gasteiger partial charge in [0.2, 0.25) is 0 Å². The van der Waals surface area contributed by atoms with Crippen molar-refractivity contribution in [3.05, 3.63) is 33.9 Å². The first-order chi connectivity index (χ1) is 9.49. The predicted molar refractivity (Wildman–Crippen MR) is 73.2 cm³/mol. The third kappa shape index (κ3) is 3.05. The number of nitro benzene ring substituents is 1. The number of nitro groups is 1. The van der Waals surface area contributed by atoms with Crippen molar-refractivity contribution >= 4 is 17.3 Å². The van der Waals surface area contributed by atoms with Gasteiger partial charge in [0.25, 0.3) is 11.6 Å². The monoisotopic (exact) mass is 279 g/mol. The number of aliphatic hydroxyl groups excluding tert-OH is 1. The predicted octanol–water partition coefficient (Wildman–Crippen LogP) is 1.21. The highest BCUT2D eigenvalue weighted by Gasteiger charge is 2.26. The lowest BCUT2D eigenvalue weighted by atomic mass is 9.92. The lowest BCUT2D eigenvalue weighted by molar-refractivity contribution is -0.384. The SMILES string of the molecule is Nc1ccc([N+](=O)[O-])cc1C(=O)NC1CCCCC1O. The first-order valence-electron chi connectivity index (χ1n) is 6.52. The van der Waals surface area contributed by atoms with Crippen LogP contribution in [0.3, 0.4) is 0 Å². The number of hydrogen-bond acceptors (Lipinski definition) is 5. The van der Waals surface area contributed by atoms with E-state index in [1.165, 1.54) is 12.1 Å². The van der Waals surface area contributed by atoms with Crippen LogP contribution in [-0.4, -0.2) is 28.1 Å². The quantitative estimate of drug-likeness (QED) is 0.436. The summed E-state index contributed by atoms with van der Waals surface area (Å²) >= 11 is 0. The van der Waals surface area contributed by atoms with Gasteiger partial charge in [-0.1, -0.05) is 12.8 Å². The molecule has 1 aliphatic carbocycles. The van der Waals surface area contributed by atoms with E-state index in [-0.39, 0.29) is 23.0 Å². The number of carbonyl (C=O) groups is 1. The normalized spacial score (nSPS) is 22.2. The fourth-order valence-corrected chi connectivity index (χ4v) is 2.38. The fraction of sp³-hybridized carbons (Fsp3) is 0.462. The van der Waals surface area contributed by atoms with E-state index in [4.69, 9.17) is 5.73 Å². The van der Waals surface area contributed by atoms with E-state index < -0.39 is 16.9 Å². The number of nitrogen functional groups attached to an aromatic ring is 1. The second-order valence-corrected chi connectivity index (χ2v) is 4.96. The van der Waals surface area contributed by atoms with Gasteiger partial charge >= 0.3 is 0 Å². The molecule has 4 N–H and O–H groups in total. The Morgan fingerprint density at radius 1 is 1.40 bits per heavy atom. The summed E-state index contributed by atoms with van der Waals surface area (Å²) in [6.45, 7) is 0. The maximum Gasteiger partial charge on any atom is 0.270 e. The van der Waals surface area contributed by atoms with Crippen molar-refractivity contribution in [1.29, 1.82) is 0 Å². The summed E-state index contributed by atoms with van der Waals surface area (Å²) in [6.07, 6.45) is 2.64. The molecule has 20 heavy (non-hydrogen) atoms. The smallest absolute Gasteiger partial charge is 0.270 e. The summed E-state index contributed by atoms with van der Waals surface area (Å²) < 4.78 is 0. The van der Waals surface area contributed by atoms with Gasteiger partial charge in [-0.25, -0.2) is 0 Å². The minimum Gasteiger partial charge on any atom is -0.398 e. The van der Waals surface area contributed by atoms with Gasteiger partial charge in [-0.15, -0.1) is 0 Å². The minimum absolute atomic E-state index is 0.0666. The topological polar surface area (TPSA) is 118 Å². The lowest BCUT2D eigenvalue weighted by Crippen LogP contribution is -2.45. The molecule has 0 spiro atoms. The van der Waals surface area contributed by atoms with Crippen molar-refractivity contribution < 1.29 is 14.8 Å². The van der Waals surface area contributed by atoms with E-state index in [0.29, 0.717) is 12.8 Å². The van der Waals surface area contributed by atoms with Crippen molar-refractivity contribution in [2.75, 3.05) is 5.73 Å². The molecule has 1 amide bonds. The highest BCUT2D eigenvalue weighted by molar-refractivity contribution is 6.00.